The van der Waals surface area contributed by atoms with Crippen LogP contribution in [-0.2, 0) is 4.79 Å². The van der Waals surface area contributed by atoms with Gasteiger partial charge in [-0.1, -0.05) is 12.1 Å². The van der Waals surface area contributed by atoms with Crippen molar-refractivity contribution < 1.29 is 9.53 Å². The zero-order valence-electron chi connectivity index (χ0n) is 11.2. The molecule has 2 rings (SSSR count). The number of amides is 1. The van der Waals surface area contributed by atoms with E-state index in [0.717, 1.165) is 12.2 Å². The summed E-state index contributed by atoms with van der Waals surface area (Å²) in [6, 6.07) is 9.34. The fourth-order valence-corrected chi connectivity index (χ4v) is 2.20. The molecule has 19 heavy (non-hydrogen) atoms. The number of hydrogen-bond acceptors (Lipinski definition) is 4. The smallest absolute Gasteiger partial charge is 0.241 e. The zero-order valence-corrected chi connectivity index (χ0v) is 11.2. The lowest BCUT2D eigenvalue weighted by molar-refractivity contribution is -0.118. The number of ether oxygens (including phenoxy) is 1. The number of hydrogen-bond donors (Lipinski definition) is 0. The third kappa shape index (κ3) is 3.04. The maximum atomic E-state index is 12.0. The maximum absolute atomic E-state index is 12.0. The van der Waals surface area contributed by atoms with Crippen molar-refractivity contribution in [2.45, 2.75) is 12.5 Å². The predicted octanol–water partition coefficient (Wildman–Crippen LogP) is 1.26. The second-order valence-electron chi connectivity index (χ2n) is 4.81. The molecule has 5 nitrogen and oxygen atoms in total. The number of fused-ring (bicyclic) bond motifs is 1. The molecule has 5 heteroatoms. The minimum absolute atomic E-state index is 0.0763. The first-order valence-electron chi connectivity index (χ1n) is 6.19. The number of nitriles is 1. The van der Waals surface area contributed by atoms with E-state index in [2.05, 4.69) is 0 Å². The molecule has 100 valence electrons. The van der Waals surface area contributed by atoms with Crippen molar-refractivity contribution in [3.8, 4) is 11.8 Å². The average molecular weight is 259 g/mol. The van der Waals surface area contributed by atoms with E-state index in [1.165, 1.54) is 0 Å². The first kappa shape index (κ1) is 13.4. The Bertz CT molecular complexity index is 508. The number of likely N-dealkylation sites (N-methyl/N-ethyl adjacent to an activating group) is 1. The molecule has 1 aromatic carbocycles. The van der Waals surface area contributed by atoms with Crippen LogP contribution in [0.1, 0.15) is 6.42 Å². The largest absolute Gasteiger partial charge is 0.485 e. The molecular weight excluding hydrogens is 242 g/mol. The van der Waals surface area contributed by atoms with Crippen molar-refractivity contribution in [2.24, 2.45) is 0 Å². The third-order valence-corrected chi connectivity index (χ3v) is 2.94. The molecule has 0 saturated heterocycles. The molecule has 0 N–H and O–H groups in total. The quantitative estimate of drug-likeness (QED) is 0.820. The van der Waals surface area contributed by atoms with Crippen molar-refractivity contribution >= 4 is 11.6 Å². The molecule has 1 aliphatic heterocycles. The van der Waals surface area contributed by atoms with Gasteiger partial charge in [0, 0.05) is 6.54 Å². The highest BCUT2D eigenvalue weighted by Crippen LogP contribution is 2.33. The van der Waals surface area contributed by atoms with Gasteiger partial charge in [0.2, 0.25) is 5.91 Å². The van der Waals surface area contributed by atoms with E-state index in [9.17, 15) is 4.79 Å². The molecule has 0 aliphatic carbocycles. The summed E-state index contributed by atoms with van der Waals surface area (Å²) in [5.41, 5.74) is 0.748. The summed E-state index contributed by atoms with van der Waals surface area (Å²) in [6.45, 7) is 1.21. The molecule has 1 heterocycles. The number of anilines is 1. The van der Waals surface area contributed by atoms with Crippen LogP contribution in [0, 0.1) is 11.3 Å². The Morgan fingerprint density at radius 2 is 2.26 bits per heavy atom. The molecule has 1 atom stereocenters. The van der Waals surface area contributed by atoms with Gasteiger partial charge in [-0.3, -0.25) is 4.79 Å². The Morgan fingerprint density at radius 3 is 2.95 bits per heavy atom. The van der Waals surface area contributed by atoms with Crippen LogP contribution in [0.4, 0.5) is 5.69 Å². The topological polar surface area (TPSA) is 56.6 Å². The summed E-state index contributed by atoms with van der Waals surface area (Å²) in [5, 5.41) is 8.69. The van der Waals surface area contributed by atoms with Crippen LogP contribution < -0.4 is 9.64 Å². The summed E-state index contributed by atoms with van der Waals surface area (Å²) >= 11 is 0. The van der Waals surface area contributed by atoms with Crippen molar-refractivity contribution in [3.05, 3.63) is 24.3 Å². The monoisotopic (exact) mass is 259 g/mol. The minimum atomic E-state index is -0.179. The summed E-state index contributed by atoms with van der Waals surface area (Å²) in [7, 11) is 3.93. The second kappa shape index (κ2) is 5.72. The van der Waals surface area contributed by atoms with Gasteiger partial charge in [-0.2, -0.15) is 5.26 Å². The SMILES string of the molecule is CN(C)CC1CN(C(=O)CC#N)c2ccccc2O1. The maximum Gasteiger partial charge on any atom is 0.241 e. The van der Waals surface area contributed by atoms with E-state index in [1.54, 1.807) is 4.90 Å². The Kier molecular flexibility index (Phi) is 4.03. The van der Waals surface area contributed by atoms with Crippen LogP contribution in [0.5, 0.6) is 5.75 Å². The van der Waals surface area contributed by atoms with Gasteiger partial charge in [0.1, 0.15) is 18.3 Å². The number of nitrogens with zero attached hydrogens (tertiary/aromatic N) is 3. The van der Waals surface area contributed by atoms with Gasteiger partial charge in [-0.15, -0.1) is 0 Å². The molecular formula is C14H17N3O2. The summed E-state index contributed by atoms with van der Waals surface area (Å²) < 4.78 is 5.88. The molecule has 0 aromatic heterocycles. The van der Waals surface area contributed by atoms with Crippen molar-refractivity contribution in [1.29, 1.82) is 5.26 Å². The first-order valence-corrected chi connectivity index (χ1v) is 6.19. The molecule has 1 unspecified atom stereocenters. The highest BCUT2D eigenvalue weighted by molar-refractivity contribution is 5.96. The summed E-state index contributed by atoms with van der Waals surface area (Å²) in [6.07, 6.45) is -0.184. The standard InChI is InChI=1S/C14H17N3O2/c1-16(2)9-11-10-17(14(18)7-8-15)12-5-3-4-6-13(12)19-11/h3-6,11H,7,9-10H2,1-2H3. The van der Waals surface area contributed by atoms with Crippen LogP contribution in [0.3, 0.4) is 0 Å². The van der Waals surface area contributed by atoms with Crippen LogP contribution in [0.25, 0.3) is 0 Å². The molecule has 1 aromatic rings. The summed E-state index contributed by atoms with van der Waals surface area (Å²) in [5.74, 6) is 0.522. The van der Waals surface area contributed by atoms with Gasteiger partial charge in [-0.05, 0) is 26.2 Å². The lowest BCUT2D eigenvalue weighted by Crippen LogP contribution is -2.47. The minimum Gasteiger partial charge on any atom is -0.485 e. The second-order valence-corrected chi connectivity index (χ2v) is 4.81. The van der Waals surface area contributed by atoms with Gasteiger partial charge < -0.3 is 14.5 Å². The molecule has 0 spiro atoms. The van der Waals surface area contributed by atoms with E-state index in [4.69, 9.17) is 10.00 Å². The average Bonchev–Trinajstić information content (AvgIpc) is 2.37. The van der Waals surface area contributed by atoms with Gasteiger partial charge >= 0.3 is 0 Å². The highest BCUT2D eigenvalue weighted by atomic mass is 16.5. The van der Waals surface area contributed by atoms with E-state index < -0.39 is 0 Å². The van der Waals surface area contributed by atoms with Gasteiger partial charge in [0.05, 0.1) is 18.3 Å². The number of benzene rings is 1. The third-order valence-electron chi connectivity index (χ3n) is 2.94. The van der Waals surface area contributed by atoms with E-state index in [0.29, 0.717) is 12.3 Å². The molecule has 1 amide bonds. The van der Waals surface area contributed by atoms with Gasteiger partial charge in [0.25, 0.3) is 0 Å². The van der Waals surface area contributed by atoms with Gasteiger partial charge in [0.15, 0.2) is 0 Å². The number of para-hydroxylation sites is 2. The molecule has 0 radical (unpaired) electrons. The Morgan fingerprint density at radius 1 is 1.53 bits per heavy atom. The molecule has 1 aliphatic rings. The van der Waals surface area contributed by atoms with Crippen LogP contribution in [0.2, 0.25) is 0 Å². The molecule has 0 fully saturated rings. The Balaban J connectivity index is 2.26. The predicted molar refractivity (Wildman–Crippen MR) is 72.0 cm³/mol. The Labute approximate surface area is 113 Å². The van der Waals surface area contributed by atoms with Crippen LogP contribution >= 0.6 is 0 Å². The fraction of sp³-hybridized carbons (Fsp3) is 0.429. The zero-order chi connectivity index (χ0) is 13.8. The van der Waals surface area contributed by atoms with Crippen molar-refractivity contribution in [1.82, 2.24) is 4.90 Å². The first-order chi connectivity index (χ1) is 9.11. The van der Waals surface area contributed by atoms with Crippen molar-refractivity contribution in [2.75, 3.05) is 32.1 Å². The van der Waals surface area contributed by atoms with Crippen LogP contribution in [0.15, 0.2) is 24.3 Å². The normalized spacial score (nSPS) is 17.6. The molecule has 0 bridgehead atoms. The van der Waals surface area contributed by atoms with E-state index >= 15 is 0 Å². The van der Waals surface area contributed by atoms with Crippen LogP contribution in [-0.4, -0.2) is 44.1 Å². The lowest BCUT2D eigenvalue weighted by atomic mass is 10.1. The van der Waals surface area contributed by atoms with E-state index in [-0.39, 0.29) is 18.4 Å². The van der Waals surface area contributed by atoms with Crippen molar-refractivity contribution in [3.63, 3.8) is 0 Å². The molecule has 0 saturated carbocycles. The summed E-state index contributed by atoms with van der Waals surface area (Å²) in [4.78, 5) is 15.7. The lowest BCUT2D eigenvalue weighted by Gasteiger charge is -2.35. The van der Waals surface area contributed by atoms with E-state index in [1.807, 2.05) is 49.3 Å². The number of carbonyl (C=O) groups excluding carboxylic acids is 1. The van der Waals surface area contributed by atoms with Gasteiger partial charge in [-0.25, -0.2) is 0 Å². The number of carbonyl (C=O) groups is 1. The number of rotatable bonds is 3. The highest BCUT2D eigenvalue weighted by Gasteiger charge is 2.29. The fourth-order valence-electron chi connectivity index (χ4n) is 2.20. The Hall–Kier alpha value is -2.06.